The van der Waals surface area contributed by atoms with Gasteiger partial charge >= 0.3 is 6.03 Å². The molecular weight excluding hydrogens is 274 g/mol. The number of carbonyl (C=O) groups is 3. The van der Waals surface area contributed by atoms with Gasteiger partial charge in [-0.05, 0) is 25.0 Å². The Balaban J connectivity index is 1.58. The van der Waals surface area contributed by atoms with Gasteiger partial charge in [0.15, 0.2) is 0 Å². The molecule has 2 fully saturated rings. The fourth-order valence-electron chi connectivity index (χ4n) is 2.37. The average Bonchev–Trinajstić information content (AvgIpc) is 3.10. The number of rotatable bonds is 5. The lowest BCUT2D eigenvalue weighted by Gasteiger charge is -2.20. The second kappa shape index (κ2) is 5.23. The number of amides is 4. The molecule has 3 rings (SSSR count). The number of likely N-dealkylation sites (N-methyl/N-ethyl adjacent to an activating group) is 1. The number of imide groups is 1. The summed E-state index contributed by atoms with van der Waals surface area (Å²) in [7, 11) is 1.62. The smallest absolute Gasteiger partial charge is 0.327 e. The van der Waals surface area contributed by atoms with Crippen LogP contribution in [0.3, 0.4) is 0 Å². The molecule has 1 aromatic heterocycles. The number of carbonyl (C=O) groups excluding carboxylic acids is 3. The number of urea groups is 1. The van der Waals surface area contributed by atoms with Crippen LogP contribution in [0, 0.1) is 0 Å². The quantitative estimate of drug-likeness (QED) is 0.747. The predicted molar refractivity (Wildman–Crippen MR) is 72.0 cm³/mol. The summed E-state index contributed by atoms with van der Waals surface area (Å²) in [5.41, 5.74) is 0. The molecule has 0 spiro atoms. The van der Waals surface area contributed by atoms with Crippen molar-refractivity contribution in [3.8, 4) is 0 Å². The van der Waals surface area contributed by atoms with Crippen LogP contribution in [0.25, 0.3) is 0 Å². The van der Waals surface area contributed by atoms with E-state index in [0.29, 0.717) is 12.3 Å². The zero-order valence-corrected chi connectivity index (χ0v) is 11.8. The summed E-state index contributed by atoms with van der Waals surface area (Å²) in [5.74, 6) is 0.0712. The van der Waals surface area contributed by atoms with E-state index in [1.807, 2.05) is 0 Å². The average molecular weight is 291 g/mol. The Kier molecular flexibility index (Phi) is 3.40. The van der Waals surface area contributed by atoms with Crippen molar-refractivity contribution in [2.45, 2.75) is 25.4 Å². The molecule has 0 atom stereocenters. The van der Waals surface area contributed by atoms with E-state index in [2.05, 4.69) is 0 Å². The van der Waals surface area contributed by atoms with Crippen molar-refractivity contribution in [3.05, 3.63) is 24.2 Å². The van der Waals surface area contributed by atoms with Crippen LogP contribution >= 0.6 is 0 Å². The van der Waals surface area contributed by atoms with E-state index >= 15 is 0 Å². The largest absolute Gasteiger partial charge is 0.467 e. The third-order valence-corrected chi connectivity index (χ3v) is 3.76. The third kappa shape index (κ3) is 2.76. The van der Waals surface area contributed by atoms with Crippen LogP contribution in [0.5, 0.6) is 0 Å². The molecule has 7 nitrogen and oxygen atoms in total. The molecule has 0 N–H and O–H groups in total. The van der Waals surface area contributed by atoms with Gasteiger partial charge in [0.2, 0.25) is 5.91 Å². The van der Waals surface area contributed by atoms with Crippen LogP contribution in [-0.2, 0) is 16.1 Å². The molecular formula is C14H17N3O4. The Morgan fingerprint density at radius 1 is 1.43 bits per heavy atom. The van der Waals surface area contributed by atoms with Crippen molar-refractivity contribution in [2.75, 3.05) is 20.1 Å². The molecule has 2 aliphatic rings. The van der Waals surface area contributed by atoms with Gasteiger partial charge in [-0.15, -0.1) is 0 Å². The van der Waals surface area contributed by atoms with Crippen LogP contribution in [0.1, 0.15) is 18.6 Å². The Labute approximate surface area is 122 Å². The molecule has 1 saturated carbocycles. The molecule has 4 amide bonds. The Hall–Kier alpha value is -2.31. The maximum absolute atomic E-state index is 12.1. The van der Waals surface area contributed by atoms with E-state index in [1.54, 1.807) is 24.1 Å². The van der Waals surface area contributed by atoms with E-state index in [9.17, 15) is 14.4 Å². The van der Waals surface area contributed by atoms with Crippen molar-refractivity contribution in [2.24, 2.45) is 0 Å². The second-order valence-electron chi connectivity index (χ2n) is 5.45. The lowest BCUT2D eigenvalue weighted by Crippen LogP contribution is -2.42. The molecule has 1 aromatic rings. The fourth-order valence-corrected chi connectivity index (χ4v) is 2.37. The molecule has 0 bridgehead atoms. The number of hydrogen-bond acceptors (Lipinski definition) is 4. The van der Waals surface area contributed by atoms with Crippen LogP contribution in [0.15, 0.2) is 22.8 Å². The van der Waals surface area contributed by atoms with Gasteiger partial charge in [0, 0.05) is 13.1 Å². The highest BCUT2D eigenvalue weighted by Crippen LogP contribution is 2.30. The van der Waals surface area contributed by atoms with Crippen LogP contribution in [0.2, 0.25) is 0 Å². The van der Waals surface area contributed by atoms with E-state index in [4.69, 9.17) is 4.42 Å². The Morgan fingerprint density at radius 2 is 2.19 bits per heavy atom. The van der Waals surface area contributed by atoms with Gasteiger partial charge in [-0.1, -0.05) is 0 Å². The lowest BCUT2D eigenvalue weighted by molar-refractivity contribution is -0.136. The second-order valence-corrected chi connectivity index (χ2v) is 5.45. The van der Waals surface area contributed by atoms with Gasteiger partial charge < -0.3 is 14.2 Å². The third-order valence-electron chi connectivity index (χ3n) is 3.76. The topological polar surface area (TPSA) is 74.1 Å². The summed E-state index contributed by atoms with van der Waals surface area (Å²) in [6.07, 6.45) is 3.42. The number of hydrogen-bond donors (Lipinski definition) is 0. The normalized spacial score (nSPS) is 18.5. The first kappa shape index (κ1) is 13.7. The Morgan fingerprint density at radius 3 is 2.81 bits per heavy atom. The highest BCUT2D eigenvalue weighted by Gasteiger charge is 2.44. The highest BCUT2D eigenvalue weighted by molar-refractivity contribution is 6.04. The molecule has 0 unspecified atom stereocenters. The highest BCUT2D eigenvalue weighted by atomic mass is 16.3. The zero-order valence-electron chi connectivity index (χ0n) is 11.8. The summed E-state index contributed by atoms with van der Waals surface area (Å²) >= 11 is 0. The molecule has 1 aliphatic carbocycles. The minimum absolute atomic E-state index is 0.0959. The molecule has 1 aliphatic heterocycles. The van der Waals surface area contributed by atoms with Crippen molar-refractivity contribution in [1.82, 2.24) is 14.7 Å². The lowest BCUT2D eigenvalue weighted by atomic mass is 10.4. The maximum Gasteiger partial charge on any atom is 0.327 e. The van der Waals surface area contributed by atoms with E-state index < -0.39 is 0 Å². The molecule has 2 heterocycles. The first-order valence-electron chi connectivity index (χ1n) is 6.93. The predicted octanol–water partition coefficient (Wildman–Crippen LogP) is 0.665. The van der Waals surface area contributed by atoms with Crippen LogP contribution in [0.4, 0.5) is 4.79 Å². The van der Waals surface area contributed by atoms with Crippen LogP contribution < -0.4 is 0 Å². The minimum Gasteiger partial charge on any atom is -0.467 e. The summed E-state index contributed by atoms with van der Waals surface area (Å²) in [6, 6.07) is 3.35. The monoisotopic (exact) mass is 291 g/mol. The van der Waals surface area contributed by atoms with Crippen molar-refractivity contribution >= 4 is 17.8 Å². The Bertz CT molecular complexity index is 565. The van der Waals surface area contributed by atoms with Gasteiger partial charge in [-0.3, -0.25) is 14.5 Å². The van der Waals surface area contributed by atoms with Gasteiger partial charge in [0.05, 0.1) is 12.8 Å². The summed E-state index contributed by atoms with van der Waals surface area (Å²) < 4.78 is 5.17. The van der Waals surface area contributed by atoms with E-state index in [-0.39, 0.29) is 37.0 Å². The molecule has 0 aromatic carbocycles. The molecule has 112 valence electrons. The summed E-state index contributed by atoms with van der Waals surface area (Å²) in [5, 5.41) is 0. The van der Waals surface area contributed by atoms with Gasteiger partial charge in [-0.2, -0.15) is 0 Å². The van der Waals surface area contributed by atoms with Crippen molar-refractivity contribution < 1.29 is 18.8 Å². The van der Waals surface area contributed by atoms with E-state index in [1.165, 1.54) is 11.2 Å². The molecule has 21 heavy (non-hydrogen) atoms. The van der Waals surface area contributed by atoms with E-state index in [0.717, 1.165) is 17.7 Å². The SMILES string of the molecule is CN(Cc1ccco1)C(=O)CN1C(=O)CN(C2CC2)C1=O. The fraction of sp³-hybridized carbons (Fsp3) is 0.500. The summed E-state index contributed by atoms with van der Waals surface area (Å²) in [4.78, 5) is 40.2. The first-order valence-corrected chi connectivity index (χ1v) is 6.93. The first-order chi connectivity index (χ1) is 10.1. The zero-order chi connectivity index (χ0) is 15.0. The standard InChI is InChI=1S/C14H17N3O4/c1-15(7-11-3-2-6-21-11)12(18)8-17-13(19)9-16(14(17)20)10-4-5-10/h2-3,6,10H,4-5,7-9H2,1H3. The number of nitrogens with zero attached hydrogens (tertiary/aromatic N) is 3. The van der Waals surface area contributed by atoms with Crippen molar-refractivity contribution in [3.63, 3.8) is 0 Å². The van der Waals surface area contributed by atoms with Gasteiger partial charge in [0.1, 0.15) is 18.8 Å². The van der Waals surface area contributed by atoms with Gasteiger partial charge in [0.25, 0.3) is 5.91 Å². The molecule has 7 heteroatoms. The number of furan rings is 1. The van der Waals surface area contributed by atoms with Crippen LogP contribution in [-0.4, -0.2) is 58.7 Å². The maximum atomic E-state index is 12.1. The summed E-state index contributed by atoms with van der Waals surface area (Å²) in [6.45, 7) is 0.200. The van der Waals surface area contributed by atoms with Gasteiger partial charge in [-0.25, -0.2) is 4.79 Å². The van der Waals surface area contributed by atoms with Crippen molar-refractivity contribution in [1.29, 1.82) is 0 Å². The molecule has 0 radical (unpaired) electrons. The minimum atomic E-state index is -0.345. The molecule has 1 saturated heterocycles.